The minimum absolute atomic E-state index is 0.0874. The molecule has 1 atom stereocenters. The number of pyridine rings is 1. The molecule has 2 aliphatic heterocycles. The highest BCUT2D eigenvalue weighted by molar-refractivity contribution is 7.92. The van der Waals surface area contributed by atoms with Gasteiger partial charge in [-0.1, -0.05) is 30.7 Å². The topological polar surface area (TPSA) is 82.6 Å². The van der Waals surface area contributed by atoms with E-state index in [1.54, 1.807) is 6.20 Å². The van der Waals surface area contributed by atoms with Crippen molar-refractivity contribution < 1.29 is 13.2 Å². The maximum absolute atomic E-state index is 12.8. The Kier molecular flexibility index (Phi) is 6.34. The lowest BCUT2D eigenvalue weighted by molar-refractivity contribution is -0.127. The summed E-state index contributed by atoms with van der Waals surface area (Å²) in [6.45, 7) is 2.12. The van der Waals surface area contributed by atoms with Crippen LogP contribution in [0.1, 0.15) is 30.4 Å². The van der Waals surface area contributed by atoms with Crippen LogP contribution in [0.3, 0.4) is 0 Å². The smallest absolute Gasteiger partial charge is 0.237 e. The van der Waals surface area contributed by atoms with Crippen LogP contribution in [0.2, 0.25) is 0 Å². The summed E-state index contributed by atoms with van der Waals surface area (Å²) < 4.78 is 27.1. The van der Waals surface area contributed by atoms with E-state index in [1.165, 1.54) is 4.31 Å². The van der Waals surface area contributed by atoms with Gasteiger partial charge in [-0.3, -0.25) is 19.0 Å². The zero-order valence-electron chi connectivity index (χ0n) is 17.0. The fourth-order valence-electron chi connectivity index (χ4n) is 4.33. The largest absolute Gasteiger partial charge is 0.354 e. The van der Waals surface area contributed by atoms with E-state index in [-0.39, 0.29) is 24.2 Å². The molecule has 4 rings (SSSR count). The van der Waals surface area contributed by atoms with Gasteiger partial charge in [-0.2, -0.15) is 0 Å². The first kappa shape index (κ1) is 20.8. The fourth-order valence-corrected chi connectivity index (χ4v) is 5.76. The number of hydrogen-bond acceptors (Lipinski definition) is 5. The molecule has 1 fully saturated rings. The molecule has 1 amide bonds. The lowest BCUT2D eigenvalue weighted by atomic mass is 10.0. The Bertz CT molecular complexity index is 981. The van der Waals surface area contributed by atoms with E-state index in [0.717, 1.165) is 49.0 Å². The zero-order valence-corrected chi connectivity index (χ0v) is 17.9. The highest BCUT2D eigenvalue weighted by Gasteiger charge is 2.31. The van der Waals surface area contributed by atoms with Gasteiger partial charge >= 0.3 is 0 Å². The number of aromatic nitrogens is 1. The zero-order chi connectivity index (χ0) is 21.0. The van der Waals surface area contributed by atoms with Crippen molar-refractivity contribution in [3.63, 3.8) is 0 Å². The molecule has 0 radical (unpaired) electrons. The summed E-state index contributed by atoms with van der Waals surface area (Å²) in [6.07, 6.45) is 7.15. The van der Waals surface area contributed by atoms with Gasteiger partial charge < -0.3 is 5.32 Å². The molecular formula is C22H28N4O3S. The number of hydrogen-bond donors (Lipinski definition) is 1. The van der Waals surface area contributed by atoms with Gasteiger partial charge in [0, 0.05) is 32.0 Å². The number of benzene rings is 1. The monoisotopic (exact) mass is 428 g/mol. The predicted octanol–water partition coefficient (Wildman–Crippen LogP) is 1.94. The molecule has 7 nitrogen and oxygen atoms in total. The molecule has 0 bridgehead atoms. The second kappa shape index (κ2) is 9.14. The van der Waals surface area contributed by atoms with E-state index in [4.69, 9.17) is 0 Å². The maximum atomic E-state index is 12.8. The van der Waals surface area contributed by atoms with Crippen LogP contribution in [0, 0.1) is 0 Å². The molecule has 1 aromatic heterocycles. The van der Waals surface area contributed by atoms with Gasteiger partial charge in [-0.25, -0.2) is 8.42 Å². The first-order valence-corrected chi connectivity index (χ1v) is 12.1. The summed E-state index contributed by atoms with van der Waals surface area (Å²) in [6, 6.07) is 11.3. The minimum atomic E-state index is -3.47. The number of likely N-dealkylation sites (tertiary alicyclic amines) is 1. The van der Waals surface area contributed by atoms with Gasteiger partial charge in [0.05, 0.1) is 17.5 Å². The van der Waals surface area contributed by atoms with Crippen LogP contribution in [0.5, 0.6) is 0 Å². The number of nitrogens with one attached hydrogen (secondary N) is 1. The molecule has 2 aliphatic rings. The van der Waals surface area contributed by atoms with Crippen molar-refractivity contribution >= 4 is 21.6 Å². The summed E-state index contributed by atoms with van der Waals surface area (Å²) in [5, 5.41) is 2.87. The van der Waals surface area contributed by atoms with E-state index in [1.807, 2.05) is 42.6 Å². The summed E-state index contributed by atoms with van der Waals surface area (Å²) in [4.78, 5) is 19.1. The van der Waals surface area contributed by atoms with Gasteiger partial charge in [-0.15, -0.1) is 0 Å². The number of amides is 1. The number of nitrogens with zero attached hydrogens (tertiary/aromatic N) is 3. The number of rotatable bonds is 7. The number of piperidine rings is 1. The quantitative estimate of drug-likeness (QED) is 0.729. The second-order valence-electron chi connectivity index (χ2n) is 7.90. The third kappa shape index (κ3) is 4.65. The van der Waals surface area contributed by atoms with Crippen molar-refractivity contribution in [1.82, 2.24) is 15.2 Å². The molecular weight excluding hydrogens is 400 g/mol. The number of anilines is 1. The molecule has 1 N–H and O–H groups in total. The van der Waals surface area contributed by atoms with Crippen molar-refractivity contribution in [3.05, 3.63) is 59.9 Å². The van der Waals surface area contributed by atoms with E-state index in [2.05, 4.69) is 15.2 Å². The lowest BCUT2D eigenvalue weighted by Gasteiger charge is -2.34. The SMILES string of the molecule is O=C(NCCS(=O)(=O)N1CCc2ccccc21)C1CCCCN1Cc1cccnc1. The highest BCUT2D eigenvalue weighted by Crippen LogP contribution is 2.29. The van der Waals surface area contributed by atoms with Crippen LogP contribution in [-0.4, -0.2) is 55.6 Å². The van der Waals surface area contributed by atoms with Crippen LogP contribution >= 0.6 is 0 Å². The van der Waals surface area contributed by atoms with Crippen LogP contribution in [0.15, 0.2) is 48.8 Å². The molecule has 3 heterocycles. The predicted molar refractivity (Wildman–Crippen MR) is 117 cm³/mol. The van der Waals surface area contributed by atoms with Crippen LogP contribution in [-0.2, 0) is 27.8 Å². The number of carbonyl (C=O) groups excluding carboxylic acids is 1. The van der Waals surface area contributed by atoms with Crippen molar-refractivity contribution in [3.8, 4) is 0 Å². The highest BCUT2D eigenvalue weighted by atomic mass is 32.2. The average Bonchev–Trinajstić information content (AvgIpc) is 3.20. The van der Waals surface area contributed by atoms with Gasteiger partial charge in [0.25, 0.3) is 0 Å². The standard InChI is InChI=1S/C22H28N4O3S/c27-22(21-9-3-4-13-25(21)17-18-6-5-11-23-16-18)24-12-15-30(28,29)26-14-10-19-7-1-2-8-20(19)26/h1-2,5-8,11,16,21H,3-4,9-10,12-15,17H2,(H,24,27). The normalized spacial score (nSPS) is 19.5. The molecule has 0 spiro atoms. The van der Waals surface area contributed by atoms with Crippen molar-refractivity contribution in [2.24, 2.45) is 0 Å². The Balaban J connectivity index is 1.33. The third-order valence-electron chi connectivity index (χ3n) is 5.86. The molecule has 1 saturated heterocycles. The Morgan fingerprint density at radius 2 is 2.00 bits per heavy atom. The number of carbonyl (C=O) groups is 1. The van der Waals surface area contributed by atoms with Crippen LogP contribution < -0.4 is 9.62 Å². The molecule has 1 aromatic carbocycles. The van der Waals surface area contributed by atoms with Gasteiger partial charge in [0.1, 0.15) is 0 Å². The van der Waals surface area contributed by atoms with E-state index < -0.39 is 10.0 Å². The first-order chi connectivity index (χ1) is 14.5. The molecule has 8 heteroatoms. The summed E-state index contributed by atoms with van der Waals surface area (Å²) in [5.74, 6) is -0.182. The number of fused-ring (bicyclic) bond motifs is 1. The molecule has 0 aliphatic carbocycles. The first-order valence-electron chi connectivity index (χ1n) is 10.5. The third-order valence-corrected chi connectivity index (χ3v) is 7.64. The number of sulfonamides is 1. The van der Waals surface area contributed by atoms with Gasteiger partial charge in [0.15, 0.2) is 0 Å². The molecule has 160 valence electrons. The van der Waals surface area contributed by atoms with Crippen molar-refractivity contribution in [2.45, 2.75) is 38.3 Å². The minimum Gasteiger partial charge on any atom is -0.354 e. The average molecular weight is 429 g/mol. The summed E-state index contributed by atoms with van der Waals surface area (Å²) >= 11 is 0. The van der Waals surface area contributed by atoms with E-state index in [9.17, 15) is 13.2 Å². The lowest BCUT2D eigenvalue weighted by Crippen LogP contribution is -2.50. The molecule has 2 aromatic rings. The Morgan fingerprint density at radius 3 is 2.83 bits per heavy atom. The van der Waals surface area contributed by atoms with Gasteiger partial charge in [-0.05, 0) is 49.1 Å². The maximum Gasteiger partial charge on any atom is 0.237 e. The van der Waals surface area contributed by atoms with Crippen LogP contribution in [0.4, 0.5) is 5.69 Å². The van der Waals surface area contributed by atoms with Gasteiger partial charge in [0.2, 0.25) is 15.9 Å². The molecule has 0 saturated carbocycles. The van der Waals surface area contributed by atoms with Crippen LogP contribution in [0.25, 0.3) is 0 Å². The van der Waals surface area contributed by atoms with E-state index >= 15 is 0 Å². The Labute approximate surface area is 178 Å². The Morgan fingerprint density at radius 1 is 1.13 bits per heavy atom. The molecule has 1 unspecified atom stereocenters. The summed E-state index contributed by atoms with van der Waals surface area (Å²) in [5.41, 5.74) is 2.89. The molecule has 30 heavy (non-hydrogen) atoms. The van der Waals surface area contributed by atoms with Crippen molar-refractivity contribution in [2.75, 3.05) is 29.7 Å². The van der Waals surface area contributed by atoms with E-state index in [0.29, 0.717) is 13.1 Å². The number of para-hydroxylation sites is 1. The Hall–Kier alpha value is -2.45. The fraction of sp³-hybridized carbons (Fsp3) is 0.455. The summed E-state index contributed by atoms with van der Waals surface area (Å²) in [7, 11) is -3.47. The van der Waals surface area contributed by atoms with Crippen molar-refractivity contribution in [1.29, 1.82) is 0 Å². The second-order valence-corrected chi connectivity index (χ2v) is 9.91.